The number of nitrogens with one attached hydrogen (secondary N) is 1. The van der Waals surface area contributed by atoms with E-state index in [1.807, 2.05) is 48.5 Å². The summed E-state index contributed by atoms with van der Waals surface area (Å²) in [6.45, 7) is 0.956. The lowest BCUT2D eigenvalue weighted by atomic mass is 10.1. The third kappa shape index (κ3) is 6.48. The Labute approximate surface area is 148 Å². The Morgan fingerprint density at radius 1 is 1.04 bits per heavy atom. The Hall–Kier alpha value is -2.24. The number of halogens is 1. The number of rotatable bonds is 8. The maximum Gasteiger partial charge on any atom is 0.224 e. The van der Waals surface area contributed by atoms with Gasteiger partial charge in [-0.3, -0.25) is 4.79 Å². The predicted octanol–water partition coefficient (Wildman–Crippen LogP) is 3.03. The molecule has 0 fully saturated rings. The quantitative estimate of drug-likeness (QED) is 0.767. The maximum absolute atomic E-state index is 12.0. The maximum atomic E-state index is 12.0. The van der Waals surface area contributed by atoms with Crippen molar-refractivity contribution in [3.8, 4) is 11.5 Å². The molecule has 2 rings (SSSR count). The largest absolute Gasteiger partial charge is 0.497 e. The van der Waals surface area contributed by atoms with E-state index in [0.29, 0.717) is 26.0 Å². The minimum atomic E-state index is -0.0172. The topological polar surface area (TPSA) is 73.6 Å². The van der Waals surface area contributed by atoms with Crippen molar-refractivity contribution < 1.29 is 14.3 Å². The second-order valence-corrected chi connectivity index (χ2v) is 5.06. The molecule has 2 aromatic rings. The van der Waals surface area contributed by atoms with Crippen LogP contribution in [0.15, 0.2) is 48.5 Å². The molecular weight excluding hydrogens is 328 g/mol. The number of benzene rings is 2. The van der Waals surface area contributed by atoms with Gasteiger partial charge in [-0.15, -0.1) is 12.4 Å². The lowest BCUT2D eigenvalue weighted by Crippen LogP contribution is -2.12. The van der Waals surface area contributed by atoms with E-state index in [1.54, 1.807) is 7.11 Å². The van der Waals surface area contributed by atoms with Gasteiger partial charge in [-0.25, -0.2) is 0 Å². The van der Waals surface area contributed by atoms with E-state index in [9.17, 15) is 4.79 Å². The molecule has 0 aliphatic heterocycles. The van der Waals surface area contributed by atoms with Crippen LogP contribution in [-0.2, 0) is 11.2 Å². The Morgan fingerprint density at radius 3 is 2.25 bits per heavy atom. The molecule has 0 unspecified atom stereocenters. The van der Waals surface area contributed by atoms with Gasteiger partial charge in [0.25, 0.3) is 0 Å². The Balaban J connectivity index is 0.00000288. The summed E-state index contributed by atoms with van der Waals surface area (Å²) in [6, 6.07) is 15.0. The van der Waals surface area contributed by atoms with Crippen LogP contribution in [0.3, 0.4) is 0 Å². The zero-order chi connectivity index (χ0) is 16.5. The number of ether oxygens (including phenoxy) is 2. The zero-order valence-corrected chi connectivity index (χ0v) is 14.5. The van der Waals surface area contributed by atoms with Gasteiger partial charge in [-0.2, -0.15) is 0 Å². The van der Waals surface area contributed by atoms with E-state index in [-0.39, 0.29) is 18.3 Å². The molecular formula is C18H23ClN2O3. The average Bonchev–Trinajstić information content (AvgIpc) is 2.60. The number of hydrogen-bond donors (Lipinski definition) is 2. The average molecular weight is 351 g/mol. The highest BCUT2D eigenvalue weighted by Crippen LogP contribution is 2.16. The number of hydrogen-bond acceptors (Lipinski definition) is 4. The van der Waals surface area contributed by atoms with E-state index in [2.05, 4.69) is 5.32 Å². The van der Waals surface area contributed by atoms with Crippen LogP contribution in [-0.4, -0.2) is 26.2 Å². The van der Waals surface area contributed by atoms with Gasteiger partial charge >= 0.3 is 0 Å². The van der Waals surface area contributed by atoms with E-state index in [4.69, 9.17) is 15.2 Å². The third-order valence-corrected chi connectivity index (χ3v) is 3.32. The van der Waals surface area contributed by atoms with E-state index in [0.717, 1.165) is 22.7 Å². The van der Waals surface area contributed by atoms with Gasteiger partial charge in [0.15, 0.2) is 0 Å². The molecule has 0 aromatic heterocycles. The van der Waals surface area contributed by atoms with Gasteiger partial charge < -0.3 is 20.5 Å². The second-order valence-electron chi connectivity index (χ2n) is 5.06. The number of carbonyl (C=O) groups is 1. The minimum absolute atomic E-state index is 0. The van der Waals surface area contributed by atoms with Gasteiger partial charge in [-0.1, -0.05) is 12.1 Å². The first kappa shape index (κ1) is 19.8. The molecule has 5 nitrogen and oxygen atoms in total. The molecule has 0 bridgehead atoms. The first-order valence-electron chi connectivity index (χ1n) is 7.57. The number of amides is 1. The van der Waals surface area contributed by atoms with E-state index >= 15 is 0 Å². The van der Waals surface area contributed by atoms with Crippen LogP contribution in [0.5, 0.6) is 11.5 Å². The fourth-order valence-corrected chi connectivity index (χ4v) is 2.08. The minimum Gasteiger partial charge on any atom is -0.497 e. The Kier molecular flexibility index (Phi) is 8.68. The lowest BCUT2D eigenvalue weighted by Gasteiger charge is -2.08. The van der Waals surface area contributed by atoms with Crippen LogP contribution in [0.2, 0.25) is 0 Å². The number of nitrogens with two attached hydrogens (primary N) is 1. The van der Waals surface area contributed by atoms with Crippen LogP contribution in [0.25, 0.3) is 0 Å². The van der Waals surface area contributed by atoms with Crippen molar-refractivity contribution in [1.29, 1.82) is 0 Å². The summed E-state index contributed by atoms with van der Waals surface area (Å²) in [5, 5.41) is 2.87. The highest BCUT2D eigenvalue weighted by atomic mass is 35.5. The van der Waals surface area contributed by atoms with Gasteiger partial charge in [0.1, 0.15) is 18.1 Å². The third-order valence-electron chi connectivity index (χ3n) is 3.32. The molecule has 0 atom stereocenters. The molecule has 2 aromatic carbocycles. The van der Waals surface area contributed by atoms with Crippen molar-refractivity contribution in [2.24, 2.45) is 5.73 Å². The van der Waals surface area contributed by atoms with Crippen molar-refractivity contribution in [2.75, 3.05) is 25.6 Å². The number of carbonyl (C=O) groups excluding carboxylic acids is 1. The second kappa shape index (κ2) is 10.5. The highest BCUT2D eigenvalue weighted by molar-refractivity contribution is 5.90. The number of methoxy groups -OCH3 is 1. The molecule has 0 heterocycles. The molecule has 0 saturated heterocycles. The first-order valence-corrected chi connectivity index (χ1v) is 7.57. The lowest BCUT2D eigenvalue weighted by molar-refractivity contribution is -0.116. The molecule has 0 aliphatic carbocycles. The highest BCUT2D eigenvalue weighted by Gasteiger charge is 2.04. The SMILES string of the molecule is COc1ccc(CCC(=O)Nc2ccc(OCCN)cc2)cc1.Cl. The Morgan fingerprint density at radius 2 is 1.67 bits per heavy atom. The van der Waals surface area contributed by atoms with Crippen LogP contribution >= 0.6 is 12.4 Å². The summed E-state index contributed by atoms with van der Waals surface area (Å²) in [5.41, 5.74) is 7.24. The van der Waals surface area contributed by atoms with Crippen LogP contribution in [0.1, 0.15) is 12.0 Å². The molecule has 130 valence electrons. The fraction of sp³-hybridized carbons (Fsp3) is 0.278. The normalized spacial score (nSPS) is 9.75. The standard InChI is InChI=1S/C18H22N2O3.ClH/c1-22-16-7-2-14(3-8-16)4-11-18(21)20-15-5-9-17(10-6-15)23-13-12-19;/h2-3,5-10H,4,11-13,19H2,1H3,(H,20,21);1H. The van der Waals surface area contributed by atoms with Gasteiger partial charge in [0, 0.05) is 18.7 Å². The van der Waals surface area contributed by atoms with Gasteiger partial charge in [0.05, 0.1) is 7.11 Å². The molecule has 0 radical (unpaired) electrons. The molecule has 24 heavy (non-hydrogen) atoms. The van der Waals surface area contributed by atoms with Crippen molar-refractivity contribution in [3.63, 3.8) is 0 Å². The molecule has 0 saturated carbocycles. The zero-order valence-electron chi connectivity index (χ0n) is 13.7. The predicted molar refractivity (Wildman–Crippen MR) is 98.2 cm³/mol. The molecule has 0 aliphatic rings. The van der Waals surface area contributed by atoms with Crippen molar-refractivity contribution >= 4 is 24.0 Å². The fourth-order valence-electron chi connectivity index (χ4n) is 2.08. The molecule has 6 heteroatoms. The summed E-state index contributed by atoms with van der Waals surface area (Å²) in [7, 11) is 1.63. The molecule has 0 spiro atoms. The van der Waals surface area contributed by atoms with E-state index < -0.39 is 0 Å². The summed E-state index contributed by atoms with van der Waals surface area (Å²) < 4.78 is 10.5. The van der Waals surface area contributed by atoms with Crippen LogP contribution in [0.4, 0.5) is 5.69 Å². The van der Waals surface area contributed by atoms with Crippen LogP contribution in [0, 0.1) is 0 Å². The summed E-state index contributed by atoms with van der Waals surface area (Å²) >= 11 is 0. The smallest absolute Gasteiger partial charge is 0.224 e. The Bertz CT molecular complexity index is 615. The van der Waals surface area contributed by atoms with Gasteiger partial charge in [0.2, 0.25) is 5.91 Å². The molecule has 3 N–H and O–H groups in total. The summed E-state index contributed by atoms with van der Waals surface area (Å²) in [5.74, 6) is 1.54. The molecule has 1 amide bonds. The summed E-state index contributed by atoms with van der Waals surface area (Å²) in [6.07, 6.45) is 1.12. The van der Waals surface area contributed by atoms with Crippen molar-refractivity contribution in [2.45, 2.75) is 12.8 Å². The van der Waals surface area contributed by atoms with Gasteiger partial charge in [-0.05, 0) is 48.4 Å². The van der Waals surface area contributed by atoms with Crippen LogP contribution < -0.4 is 20.5 Å². The summed E-state index contributed by atoms with van der Waals surface area (Å²) in [4.78, 5) is 12.0. The monoisotopic (exact) mass is 350 g/mol. The van der Waals surface area contributed by atoms with Crippen molar-refractivity contribution in [1.82, 2.24) is 0 Å². The number of aryl methyl sites for hydroxylation is 1. The van der Waals surface area contributed by atoms with Crippen molar-refractivity contribution in [3.05, 3.63) is 54.1 Å². The van der Waals surface area contributed by atoms with E-state index in [1.165, 1.54) is 0 Å². The number of anilines is 1. The first-order chi connectivity index (χ1) is 11.2.